The fourth-order valence-corrected chi connectivity index (χ4v) is 3.09. The SMILES string of the molecule is CC(=O)NC(NC(=S)Nc1cc(C)c(Br)cc1Br)C(Cl)(Cl)Cl. The molecule has 1 atom stereocenters. The summed E-state index contributed by atoms with van der Waals surface area (Å²) >= 11 is 29.5. The van der Waals surface area contributed by atoms with Gasteiger partial charge in [0.2, 0.25) is 9.70 Å². The molecule has 10 heteroatoms. The minimum absolute atomic E-state index is 0.201. The highest BCUT2D eigenvalue weighted by Gasteiger charge is 2.34. The second kappa shape index (κ2) is 8.35. The summed E-state index contributed by atoms with van der Waals surface area (Å²) < 4.78 is 0.00452. The molecule has 1 aromatic carbocycles. The number of aryl methyl sites for hydroxylation is 1. The first-order valence-electron chi connectivity index (χ1n) is 5.87. The summed E-state index contributed by atoms with van der Waals surface area (Å²) in [4.78, 5) is 11.2. The number of thiocarbonyl (C=S) groups is 1. The standard InChI is InChI=1S/C12H12Br2Cl3N3OS/c1-5-3-9(8(14)4-7(5)13)19-11(22)20-10(12(15,16)17)18-6(2)21/h3-4,10H,1-2H3,(H,18,21)(H2,19,20,22). The molecule has 0 saturated carbocycles. The Labute approximate surface area is 165 Å². The summed E-state index contributed by atoms with van der Waals surface area (Å²) in [5.41, 5.74) is 1.76. The maximum atomic E-state index is 11.2. The first-order valence-corrected chi connectivity index (χ1v) is 9.00. The van der Waals surface area contributed by atoms with Gasteiger partial charge in [-0.3, -0.25) is 4.79 Å². The van der Waals surface area contributed by atoms with Crippen LogP contribution in [0.1, 0.15) is 12.5 Å². The van der Waals surface area contributed by atoms with Crippen molar-refractivity contribution in [2.75, 3.05) is 5.32 Å². The average Bonchev–Trinajstić information content (AvgIpc) is 2.33. The Kier molecular flexibility index (Phi) is 7.69. The molecule has 0 spiro atoms. The van der Waals surface area contributed by atoms with E-state index in [-0.39, 0.29) is 11.0 Å². The van der Waals surface area contributed by atoms with Crippen LogP contribution in [0.4, 0.5) is 5.69 Å². The summed E-state index contributed by atoms with van der Waals surface area (Å²) in [6.45, 7) is 3.26. The van der Waals surface area contributed by atoms with E-state index in [4.69, 9.17) is 47.0 Å². The Morgan fingerprint density at radius 2 is 1.82 bits per heavy atom. The average molecular weight is 512 g/mol. The Hall–Kier alpha value is 0.210. The number of hydrogen-bond acceptors (Lipinski definition) is 2. The molecule has 0 heterocycles. The smallest absolute Gasteiger partial charge is 0.228 e. The third kappa shape index (κ3) is 6.37. The normalized spacial score (nSPS) is 12.5. The van der Waals surface area contributed by atoms with E-state index >= 15 is 0 Å². The van der Waals surface area contributed by atoms with Gasteiger partial charge in [-0.05, 0) is 52.8 Å². The number of hydrogen-bond donors (Lipinski definition) is 3. The maximum Gasteiger partial charge on any atom is 0.228 e. The third-order valence-corrected chi connectivity index (χ3v) is 4.83. The summed E-state index contributed by atoms with van der Waals surface area (Å²) in [5.74, 6) is -0.354. The summed E-state index contributed by atoms with van der Waals surface area (Å²) in [5, 5.41) is 8.42. The Balaban J connectivity index is 2.84. The molecule has 1 amide bonds. The van der Waals surface area contributed by atoms with Gasteiger partial charge in [0.15, 0.2) is 5.11 Å². The zero-order valence-corrected chi connectivity index (χ0v) is 17.7. The first kappa shape index (κ1) is 20.3. The molecule has 3 N–H and O–H groups in total. The third-order valence-electron chi connectivity index (χ3n) is 2.45. The van der Waals surface area contributed by atoms with Crippen LogP contribution in [-0.2, 0) is 4.79 Å². The van der Waals surface area contributed by atoms with Crippen molar-refractivity contribution in [3.8, 4) is 0 Å². The lowest BCUT2D eigenvalue weighted by Crippen LogP contribution is -2.55. The molecule has 4 nitrogen and oxygen atoms in total. The number of alkyl halides is 3. The van der Waals surface area contributed by atoms with Crippen LogP contribution in [0.3, 0.4) is 0 Å². The zero-order valence-electron chi connectivity index (χ0n) is 11.4. The van der Waals surface area contributed by atoms with E-state index in [1.807, 2.05) is 19.1 Å². The van der Waals surface area contributed by atoms with E-state index < -0.39 is 9.96 Å². The molecule has 122 valence electrons. The van der Waals surface area contributed by atoms with Crippen molar-refractivity contribution in [3.05, 3.63) is 26.6 Å². The quantitative estimate of drug-likeness (QED) is 0.314. The van der Waals surface area contributed by atoms with Crippen LogP contribution in [0, 0.1) is 6.92 Å². The van der Waals surface area contributed by atoms with Gasteiger partial charge in [-0.25, -0.2) is 0 Å². The number of anilines is 1. The number of rotatable bonds is 3. The molecule has 0 bridgehead atoms. The van der Waals surface area contributed by atoms with Crippen molar-refractivity contribution in [2.24, 2.45) is 0 Å². The van der Waals surface area contributed by atoms with Gasteiger partial charge >= 0.3 is 0 Å². The van der Waals surface area contributed by atoms with Crippen molar-refractivity contribution in [2.45, 2.75) is 23.8 Å². The van der Waals surface area contributed by atoms with Crippen LogP contribution in [0.2, 0.25) is 0 Å². The second-order valence-corrected chi connectivity index (χ2v) is 8.84. The fourth-order valence-electron chi connectivity index (χ4n) is 1.45. The van der Waals surface area contributed by atoms with E-state index in [2.05, 4.69) is 47.8 Å². The lowest BCUT2D eigenvalue weighted by Gasteiger charge is -2.27. The van der Waals surface area contributed by atoms with Crippen molar-refractivity contribution in [1.29, 1.82) is 0 Å². The Bertz CT molecular complexity index is 596. The number of carbonyl (C=O) groups is 1. The number of nitrogens with one attached hydrogen (secondary N) is 3. The van der Waals surface area contributed by atoms with Gasteiger partial charge in [-0.1, -0.05) is 50.7 Å². The summed E-state index contributed by atoms with van der Waals surface area (Å²) in [6, 6.07) is 3.78. The highest BCUT2D eigenvalue weighted by Crippen LogP contribution is 2.31. The lowest BCUT2D eigenvalue weighted by atomic mass is 10.2. The highest BCUT2D eigenvalue weighted by atomic mass is 79.9. The number of amides is 1. The van der Waals surface area contributed by atoms with E-state index in [1.165, 1.54) is 6.92 Å². The number of carbonyl (C=O) groups excluding carboxylic acids is 1. The molecule has 0 aliphatic rings. The molecule has 1 aromatic rings. The lowest BCUT2D eigenvalue weighted by molar-refractivity contribution is -0.119. The fraction of sp³-hybridized carbons (Fsp3) is 0.333. The molecule has 22 heavy (non-hydrogen) atoms. The van der Waals surface area contributed by atoms with Gasteiger partial charge in [-0.2, -0.15) is 0 Å². The summed E-state index contributed by atoms with van der Waals surface area (Å²) in [6.07, 6.45) is -0.967. The molecule has 1 rings (SSSR count). The molecular formula is C12H12Br2Cl3N3OS. The molecule has 0 saturated heterocycles. The molecule has 0 aliphatic heterocycles. The monoisotopic (exact) mass is 509 g/mol. The van der Waals surface area contributed by atoms with Crippen molar-refractivity contribution >= 4 is 95.6 Å². The topological polar surface area (TPSA) is 53.2 Å². The Morgan fingerprint density at radius 1 is 1.23 bits per heavy atom. The second-order valence-electron chi connectivity index (χ2n) is 4.35. The van der Waals surface area contributed by atoms with E-state index in [1.54, 1.807) is 0 Å². The largest absolute Gasteiger partial charge is 0.339 e. The molecular weight excluding hydrogens is 500 g/mol. The van der Waals surface area contributed by atoms with Crippen LogP contribution in [-0.4, -0.2) is 21.0 Å². The predicted molar refractivity (Wildman–Crippen MR) is 104 cm³/mol. The van der Waals surface area contributed by atoms with Gasteiger partial charge in [0.05, 0.1) is 5.69 Å². The maximum absolute atomic E-state index is 11.2. The predicted octanol–water partition coefficient (Wildman–Crippen LogP) is 4.64. The van der Waals surface area contributed by atoms with Gasteiger partial charge in [0, 0.05) is 15.9 Å². The van der Waals surface area contributed by atoms with E-state index in [0.29, 0.717) is 0 Å². The molecule has 0 aliphatic carbocycles. The van der Waals surface area contributed by atoms with Crippen LogP contribution in [0.5, 0.6) is 0 Å². The molecule has 1 unspecified atom stereocenters. The van der Waals surface area contributed by atoms with E-state index in [9.17, 15) is 4.79 Å². The minimum Gasteiger partial charge on any atom is -0.339 e. The number of halogens is 5. The van der Waals surface area contributed by atoms with Crippen molar-refractivity contribution in [3.63, 3.8) is 0 Å². The van der Waals surface area contributed by atoms with Gasteiger partial charge < -0.3 is 16.0 Å². The molecule has 0 radical (unpaired) electrons. The van der Waals surface area contributed by atoms with Gasteiger partial charge in [0.1, 0.15) is 6.17 Å². The summed E-state index contributed by atoms with van der Waals surface area (Å²) in [7, 11) is 0. The molecule has 0 fully saturated rings. The van der Waals surface area contributed by atoms with Crippen LogP contribution in [0.25, 0.3) is 0 Å². The minimum atomic E-state index is -1.76. The zero-order chi connectivity index (χ0) is 17.1. The first-order chi connectivity index (χ1) is 10.0. The van der Waals surface area contributed by atoms with Crippen molar-refractivity contribution < 1.29 is 4.79 Å². The number of benzene rings is 1. The van der Waals surface area contributed by atoms with E-state index in [0.717, 1.165) is 20.2 Å². The van der Waals surface area contributed by atoms with Gasteiger partial charge in [-0.15, -0.1) is 0 Å². The van der Waals surface area contributed by atoms with Gasteiger partial charge in [0.25, 0.3) is 0 Å². The van der Waals surface area contributed by atoms with Crippen LogP contribution < -0.4 is 16.0 Å². The Morgan fingerprint density at radius 3 is 2.32 bits per heavy atom. The van der Waals surface area contributed by atoms with Crippen molar-refractivity contribution in [1.82, 2.24) is 10.6 Å². The van der Waals surface area contributed by atoms with Crippen LogP contribution >= 0.6 is 78.9 Å². The molecule has 0 aromatic heterocycles. The highest BCUT2D eigenvalue weighted by molar-refractivity contribution is 9.11. The van der Waals surface area contributed by atoms with Crippen LogP contribution in [0.15, 0.2) is 21.1 Å².